The van der Waals surface area contributed by atoms with Gasteiger partial charge in [-0.3, -0.25) is 0 Å². The van der Waals surface area contributed by atoms with Crippen LogP contribution in [0.2, 0.25) is 0 Å². The Morgan fingerprint density at radius 1 is 0.958 bits per heavy atom. The Hall–Kier alpha value is -2.48. The highest BCUT2D eigenvalue weighted by atomic mass is 16.4. The molecule has 0 bridgehead atoms. The van der Waals surface area contributed by atoms with E-state index >= 15 is 0 Å². The number of aromatic nitrogens is 3. The van der Waals surface area contributed by atoms with Gasteiger partial charge in [-0.1, -0.05) is 60.7 Å². The van der Waals surface area contributed by atoms with E-state index in [1.54, 1.807) is 0 Å². The number of rotatable bonds is 7. The van der Waals surface area contributed by atoms with E-state index in [1.165, 1.54) is 22.1 Å². The first-order valence-electron chi connectivity index (χ1n) is 7.83. The van der Waals surface area contributed by atoms with E-state index in [0.717, 1.165) is 0 Å². The van der Waals surface area contributed by atoms with Gasteiger partial charge in [0, 0.05) is 6.54 Å². The van der Waals surface area contributed by atoms with E-state index in [2.05, 4.69) is 39.8 Å². The second kappa shape index (κ2) is 7.87. The van der Waals surface area contributed by atoms with Crippen LogP contribution in [0.25, 0.3) is 0 Å². The topological polar surface area (TPSA) is 83.2 Å². The molecule has 1 heterocycles. The largest absolute Gasteiger partial charge is 0.511 e. The molecule has 0 fully saturated rings. The molecule has 0 spiro atoms. The van der Waals surface area contributed by atoms with Crippen molar-refractivity contribution in [2.75, 3.05) is 6.54 Å². The van der Waals surface area contributed by atoms with Gasteiger partial charge in [-0.25, -0.2) is 0 Å². The molecule has 3 rings (SSSR count). The van der Waals surface area contributed by atoms with Crippen LogP contribution in [0.3, 0.4) is 0 Å². The molecule has 3 aromatic rings. The van der Waals surface area contributed by atoms with E-state index in [-0.39, 0.29) is 11.6 Å². The number of benzene rings is 2. The van der Waals surface area contributed by atoms with Crippen LogP contribution in [0.4, 0.5) is 0 Å². The molecule has 0 aliphatic rings. The molecule has 122 valence electrons. The molecule has 2 aromatic carbocycles. The summed E-state index contributed by atoms with van der Waals surface area (Å²) >= 11 is 0. The van der Waals surface area contributed by atoms with Crippen LogP contribution in [0.1, 0.15) is 17.2 Å². The number of nitrogens with zero attached hydrogens (tertiary/aromatic N) is 3. The normalized spacial score (nSPS) is 11.0. The van der Waals surface area contributed by atoms with E-state index in [0.29, 0.717) is 13.1 Å². The maximum atomic E-state index is 9.07. The van der Waals surface area contributed by atoms with Crippen molar-refractivity contribution in [2.24, 2.45) is 0 Å². The summed E-state index contributed by atoms with van der Waals surface area (Å²) in [5, 5.41) is 29.7. The van der Waals surface area contributed by atoms with Crippen molar-refractivity contribution in [1.29, 1.82) is 0 Å². The quantitative estimate of drug-likeness (QED) is 0.546. The molecule has 0 amide bonds. The Balaban J connectivity index is 1.68. The summed E-state index contributed by atoms with van der Waals surface area (Å²) in [6.07, 6.45) is 1.36. The summed E-state index contributed by atoms with van der Waals surface area (Å²) in [4.78, 5) is 1.45. The zero-order valence-corrected chi connectivity index (χ0v) is 13.2. The van der Waals surface area contributed by atoms with Gasteiger partial charge < -0.3 is 15.4 Å². The molecule has 3 N–H and O–H groups in total. The van der Waals surface area contributed by atoms with E-state index < -0.39 is 7.12 Å². The van der Waals surface area contributed by atoms with Crippen molar-refractivity contribution in [1.82, 2.24) is 20.3 Å². The van der Waals surface area contributed by atoms with Crippen molar-refractivity contribution in [2.45, 2.75) is 12.6 Å². The summed E-state index contributed by atoms with van der Waals surface area (Å²) in [5.74, 6) is 0. The smallest absolute Gasteiger partial charge is 0.422 e. The van der Waals surface area contributed by atoms with Crippen LogP contribution in [0.5, 0.6) is 0 Å². The number of hydrogen-bond acceptors (Lipinski definition) is 5. The Bertz CT molecular complexity index is 710. The Morgan fingerprint density at radius 3 is 2.04 bits per heavy atom. The van der Waals surface area contributed by atoms with Crippen LogP contribution in [0.15, 0.2) is 66.9 Å². The lowest BCUT2D eigenvalue weighted by Crippen LogP contribution is -2.32. The number of hydrogen-bond donors (Lipinski definition) is 3. The second-order valence-electron chi connectivity index (χ2n) is 5.45. The first-order valence-corrected chi connectivity index (χ1v) is 7.83. The Labute approximate surface area is 140 Å². The van der Waals surface area contributed by atoms with Crippen molar-refractivity contribution >= 4 is 12.7 Å². The van der Waals surface area contributed by atoms with Crippen LogP contribution in [-0.2, 0) is 6.54 Å². The van der Waals surface area contributed by atoms with Crippen molar-refractivity contribution in [3.8, 4) is 0 Å². The highest BCUT2D eigenvalue weighted by Crippen LogP contribution is 2.21. The van der Waals surface area contributed by atoms with Crippen LogP contribution in [-0.4, -0.2) is 38.7 Å². The molecule has 0 saturated carbocycles. The van der Waals surface area contributed by atoms with Gasteiger partial charge >= 0.3 is 7.12 Å². The first kappa shape index (κ1) is 16.4. The van der Waals surface area contributed by atoms with Gasteiger partial charge in [0.15, 0.2) is 0 Å². The molecule has 0 saturated heterocycles. The zero-order valence-electron chi connectivity index (χ0n) is 13.2. The summed E-state index contributed by atoms with van der Waals surface area (Å²) in [6, 6.07) is 20.6. The van der Waals surface area contributed by atoms with Gasteiger partial charge in [-0.2, -0.15) is 15.0 Å². The van der Waals surface area contributed by atoms with Crippen molar-refractivity contribution in [3.05, 3.63) is 78.0 Å². The van der Waals surface area contributed by atoms with Gasteiger partial charge in [0.25, 0.3) is 0 Å². The van der Waals surface area contributed by atoms with E-state index in [9.17, 15) is 0 Å². The minimum absolute atomic E-state index is 0.0749. The fourth-order valence-corrected chi connectivity index (χ4v) is 2.56. The fourth-order valence-electron chi connectivity index (χ4n) is 2.56. The lowest BCUT2D eigenvalue weighted by molar-refractivity contribution is 0.422. The molecule has 24 heavy (non-hydrogen) atoms. The summed E-state index contributed by atoms with van der Waals surface area (Å²) in [7, 11) is -1.59. The predicted molar refractivity (Wildman–Crippen MR) is 92.6 cm³/mol. The van der Waals surface area contributed by atoms with Gasteiger partial charge in [0.05, 0.1) is 18.8 Å². The third-order valence-electron chi connectivity index (χ3n) is 3.74. The molecule has 0 atom stereocenters. The SMILES string of the molecule is OB(O)c1cnn(CCNC(c2ccccc2)c2ccccc2)n1. The maximum absolute atomic E-state index is 9.07. The van der Waals surface area contributed by atoms with Crippen molar-refractivity contribution < 1.29 is 10.0 Å². The Morgan fingerprint density at radius 2 is 1.54 bits per heavy atom. The van der Waals surface area contributed by atoms with Crippen LogP contribution in [0, 0.1) is 0 Å². The van der Waals surface area contributed by atoms with Gasteiger partial charge in [-0.05, 0) is 11.1 Å². The second-order valence-corrected chi connectivity index (χ2v) is 5.45. The average Bonchev–Trinajstić information content (AvgIpc) is 3.09. The molecule has 7 heteroatoms. The van der Waals surface area contributed by atoms with Gasteiger partial charge in [0.2, 0.25) is 0 Å². The maximum Gasteiger partial charge on any atom is 0.511 e. The molecule has 0 unspecified atom stereocenters. The molecule has 0 radical (unpaired) electrons. The van der Waals surface area contributed by atoms with E-state index in [4.69, 9.17) is 10.0 Å². The summed E-state index contributed by atoms with van der Waals surface area (Å²) in [6.45, 7) is 1.17. The average molecular weight is 322 g/mol. The van der Waals surface area contributed by atoms with Crippen LogP contribution >= 0.6 is 0 Å². The monoisotopic (exact) mass is 322 g/mol. The minimum Gasteiger partial charge on any atom is -0.422 e. The van der Waals surface area contributed by atoms with Crippen LogP contribution < -0.4 is 10.9 Å². The lowest BCUT2D eigenvalue weighted by atomic mass is 9.87. The Kier molecular flexibility index (Phi) is 5.38. The highest BCUT2D eigenvalue weighted by Gasteiger charge is 2.16. The molecular formula is C17H19BN4O2. The molecule has 6 nitrogen and oxygen atoms in total. The van der Waals surface area contributed by atoms with Gasteiger partial charge in [-0.15, -0.1) is 0 Å². The lowest BCUT2D eigenvalue weighted by Gasteiger charge is -2.19. The summed E-state index contributed by atoms with van der Waals surface area (Å²) < 4.78 is 0. The molecule has 0 aliphatic carbocycles. The zero-order chi connectivity index (χ0) is 16.8. The number of nitrogens with one attached hydrogen (secondary N) is 1. The van der Waals surface area contributed by atoms with Gasteiger partial charge in [0.1, 0.15) is 5.59 Å². The summed E-state index contributed by atoms with van der Waals surface area (Å²) in [5.41, 5.74) is 2.52. The third kappa shape index (κ3) is 4.08. The third-order valence-corrected chi connectivity index (χ3v) is 3.74. The molecular weight excluding hydrogens is 303 g/mol. The fraction of sp³-hybridized carbons (Fsp3) is 0.176. The first-order chi connectivity index (χ1) is 11.7. The molecule has 1 aromatic heterocycles. The van der Waals surface area contributed by atoms with E-state index in [1.807, 2.05) is 36.4 Å². The minimum atomic E-state index is -1.59. The molecule has 0 aliphatic heterocycles. The van der Waals surface area contributed by atoms with Crippen molar-refractivity contribution in [3.63, 3.8) is 0 Å². The highest BCUT2D eigenvalue weighted by molar-refractivity contribution is 6.57. The predicted octanol–water partition coefficient (Wildman–Crippen LogP) is 0.337. The standard InChI is InChI=1S/C17H19BN4O2/c23-18(24)16-13-20-22(21-16)12-11-19-17(14-7-3-1-4-8-14)15-9-5-2-6-10-15/h1-10,13,17,19,23-24H,11-12H2.